The van der Waals surface area contributed by atoms with Crippen molar-refractivity contribution in [2.45, 2.75) is 24.6 Å². The molecule has 1 aliphatic heterocycles. The highest BCUT2D eigenvalue weighted by Gasteiger charge is 2.45. The molecule has 0 aromatic carbocycles. The summed E-state index contributed by atoms with van der Waals surface area (Å²) in [5, 5.41) is 0.120. The monoisotopic (exact) mass is 167 g/mol. The minimum absolute atomic E-state index is 0. The molecule has 0 spiro atoms. The van der Waals surface area contributed by atoms with Gasteiger partial charge in [-0.25, -0.2) is 0 Å². The van der Waals surface area contributed by atoms with Gasteiger partial charge in [0.25, 0.3) is 0 Å². The van der Waals surface area contributed by atoms with Gasteiger partial charge in [-0.15, -0.1) is 12.4 Å². The van der Waals surface area contributed by atoms with Crippen molar-refractivity contribution in [2.24, 2.45) is 5.73 Å². The van der Waals surface area contributed by atoms with Crippen molar-refractivity contribution in [3.8, 4) is 0 Å². The van der Waals surface area contributed by atoms with Gasteiger partial charge in [-0.1, -0.05) is 11.8 Å². The van der Waals surface area contributed by atoms with Crippen LogP contribution < -0.4 is 5.73 Å². The van der Waals surface area contributed by atoms with E-state index < -0.39 is 0 Å². The Balaban J connectivity index is 0.000000640. The van der Waals surface area contributed by atoms with Crippen LogP contribution in [0.25, 0.3) is 0 Å². The zero-order valence-electron chi connectivity index (χ0n) is 5.38. The third-order valence-electron chi connectivity index (χ3n) is 1.37. The second-order valence-corrected chi connectivity index (χ2v) is 4.16. The molecule has 0 aliphatic carbocycles. The van der Waals surface area contributed by atoms with Gasteiger partial charge in [0.15, 0.2) is 0 Å². The Hall–Kier alpha value is 0.270. The largest absolute Gasteiger partial charge is 0.320 e. The van der Waals surface area contributed by atoms with Crippen molar-refractivity contribution < 1.29 is 4.79 Å². The Morgan fingerprint density at radius 2 is 2.11 bits per heavy atom. The summed E-state index contributed by atoms with van der Waals surface area (Å²) in [6, 6.07) is -0.229. The summed E-state index contributed by atoms with van der Waals surface area (Å²) in [7, 11) is 0. The fraction of sp³-hybridized carbons (Fsp3) is 0.800. The highest BCUT2D eigenvalue weighted by Crippen LogP contribution is 2.39. The second-order valence-electron chi connectivity index (χ2n) is 2.50. The summed E-state index contributed by atoms with van der Waals surface area (Å²) in [5.74, 6) is 0. The molecule has 0 unspecified atom stereocenters. The topological polar surface area (TPSA) is 43.1 Å². The van der Waals surface area contributed by atoms with Crippen molar-refractivity contribution in [1.29, 1.82) is 0 Å². The molecule has 1 heterocycles. The molecule has 0 amide bonds. The first-order valence-electron chi connectivity index (χ1n) is 2.52. The Bertz CT molecular complexity index is 137. The van der Waals surface area contributed by atoms with Crippen molar-refractivity contribution in [3.05, 3.63) is 0 Å². The normalized spacial score (nSPS) is 30.6. The minimum Gasteiger partial charge on any atom is -0.320 e. The number of rotatable bonds is 0. The first-order chi connectivity index (χ1) is 3.54. The summed E-state index contributed by atoms with van der Waals surface area (Å²) >= 11 is 1.33. The Morgan fingerprint density at radius 3 is 2.11 bits per heavy atom. The van der Waals surface area contributed by atoms with Gasteiger partial charge < -0.3 is 5.73 Å². The molecule has 2 nitrogen and oxygen atoms in total. The van der Waals surface area contributed by atoms with E-state index in [1.807, 2.05) is 13.8 Å². The quantitative estimate of drug-likeness (QED) is 0.580. The van der Waals surface area contributed by atoms with Gasteiger partial charge in [0.1, 0.15) is 0 Å². The summed E-state index contributed by atoms with van der Waals surface area (Å²) in [6.07, 6.45) is 0. The van der Waals surface area contributed by atoms with E-state index in [9.17, 15) is 4.79 Å². The lowest BCUT2D eigenvalue weighted by atomic mass is 10.0. The summed E-state index contributed by atoms with van der Waals surface area (Å²) < 4.78 is -0.00289. The zero-order chi connectivity index (χ0) is 6.36. The number of carbonyl (C=O) groups is 1. The van der Waals surface area contributed by atoms with E-state index in [1.54, 1.807) is 0 Å². The fourth-order valence-electron chi connectivity index (χ4n) is 0.612. The van der Waals surface area contributed by atoms with Gasteiger partial charge in [0.2, 0.25) is 5.12 Å². The fourth-order valence-corrected chi connectivity index (χ4v) is 1.60. The van der Waals surface area contributed by atoms with E-state index in [0.717, 1.165) is 0 Å². The molecule has 1 rings (SSSR count). The lowest BCUT2D eigenvalue weighted by Crippen LogP contribution is -2.55. The van der Waals surface area contributed by atoms with Crippen LogP contribution in [-0.2, 0) is 4.79 Å². The molecule has 0 radical (unpaired) electrons. The molecule has 1 saturated heterocycles. The van der Waals surface area contributed by atoms with Crippen LogP contribution in [0.5, 0.6) is 0 Å². The molecule has 2 N–H and O–H groups in total. The summed E-state index contributed by atoms with van der Waals surface area (Å²) in [4.78, 5) is 10.5. The van der Waals surface area contributed by atoms with Gasteiger partial charge in [0.05, 0.1) is 6.04 Å². The molecule has 0 bridgehead atoms. The SMILES string of the molecule is CC1(C)SC(=O)[C@@H]1N.Cl. The molecule has 1 atom stereocenters. The maximum absolute atomic E-state index is 10.5. The molecule has 4 heteroatoms. The van der Waals surface area contributed by atoms with Gasteiger partial charge in [-0.05, 0) is 13.8 Å². The van der Waals surface area contributed by atoms with Crippen LogP contribution in [0.2, 0.25) is 0 Å². The highest BCUT2D eigenvalue weighted by molar-refractivity contribution is 8.17. The van der Waals surface area contributed by atoms with Crippen LogP contribution in [0, 0.1) is 0 Å². The maximum Gasteiger partial charge on any atom is 0.207 e. The standard InChI is InChI=1S/C5H9NOS.ClH/c1-5(2)3(6)4(7)8-5;/h3H,6H2,1-2H3;1H/t3-;/m0./s1. The van der Waals surface area contributed by atoms with E-state index >= 15 is 0 Å². The average Bonchev–Trinajstić information content (AvgIpc) is 1.65. The first-order valence-corrected chi connectivity index (χ1v) is 3.34. The zero-order valence-corrected chi connectivity index (χ0v) is 7.01. The van der Waals surface area contributed by atoms with Crippen LogP contribution >= 0.6 is 24.2 Å². The Kier molecular flexibility index (Phi) is 2.56. The lowest BCUT2D eigenvalue weighted by Gasteiger charge is -2.38. The third-order valence-corrected chi connectivity index (χ3v) is 2.60. The molecule has 0 aromatic rings. The lowest BCUT2D eigenvalue weighted by molar-refractivity contribution is -0.114. The molecule has 9 heavy (non-hydrogen) atoms. The van der Waals surface area contributed by atoms with Crippen molar-refractivity contribution >= 4 is 29.3 Å². The molecule has 0 saturated carbocycles. The molecule has 1 fully saturated rings. The van der Waals surface area contributed by atoms with Gasteiger partial charge in [-0.3, -0.25) is 4.79 Å². The number of nitrogens with two attached hydrogens (primary N) is 1. The number of carbonyl (C=O) groups excluding carboxylic acids is 1. The predicted octanol–water partition coefficient (Wildman–Crippen LogP) is 0.788. The second kappa shape index (κ2) is 2.48. The highest BCUT2D eigenvalue weighted by atomic mass is 35.5. The summed E-state index contributed by atoms with van der Waals surface area (Å²) in [5.41, 5.74) is 5.43. The Morgan fingerprint density at radius 1 is 1.67 bits per heavy atom. The summed E-state index contributed by atoms with van der Waals surface area (Å²) in [6.45, 7) is 3.95. The molecular formula is C5H10ClNOS. The van der Waals surface area contributed by atoms with E-state index in [1.165, 1.54) is 11.8 Å². The number of hydrogen-bond acceptors (Lipinski definition) is 3. The smallest absolute Gasteiger partial charge is 0.207 e. The molecule has 0 aromatic heterocycles. The van der Waals surface area contributed by atoms with Crippen LogP contribution in [0.3, 0.4) is 0 Å². The predicted molar refractivity (Wildman–Crippen MR) is 41.9 cm³/mol. The van der Waals surface area contributed by atoms with E-state index in [4.69, 9.17) is 5.73 Å². The number of halogens is 1. The van der Waals surface area contributed by atoms with Crippen LogP contribution in [0.4, 0.5) is 0 Å². The van der Waals surface area contributed by atoms with Gasteiger partial charge in [-0.2, -0.15) is 0 Å². The van der Waals surface area contributed by atoms with E-state index in [2.05, 4.69) is 0 Å². The number of thioether (sulfide) groups is 1. The minimum atomic E-state index is -0.229. The number of hydrogen-bond donors (Lipinski definition) is 1. The maximum atomic E-state index is 10.5. The molecular weight excluding hydrogens is 158 g/mol. The van der Waals surface area contributed by atoms with Crippen LogP contribution in [-0.4, -0.2) is 15.9 Å². The van der Waals surface area contributed by atoms with Crippen LogP contribution in [0.1, 0.15) is 13.8 Å². The third kappa shape index (κ3) is 1.39. The molecule has 54 valence electrons. The van der Waals surface area contributed by atoms with Crippen molar-refractivity contribution in [1.82, 2.24) is 0 Å². The molecule has 1 aliphatic rings. The van der Waals surface area contributed by atoms with Crippen molar-refractivity contribution in [2.75, 3.05) is 0 Å². The van der Waals surface area contributed by atoms with E-state index in [0.29, 0.717) is 0 Å². The van der Waals surface area contributed by atoms with Gasteiger partial charge in [0, 0.05) is 4.75 Å². The average molecular weight is 168 g/mol. The van der Waals surface area contributed by atoms with Crippen molar-refractivity contribution in [3.63, 3.8) is 0 Å². The van der Waals surface area contributed by atoms with E-state index in [-0.39, 0.29) is 28.3 Å². The Labute approximate surface area is 65.0 Å². The first kappa shape index (κ1) is 9.27. The van der Waals surface area contributed by atoms with Crippen LogP contribution in [0.15, 0.2) is 0 Å². The van der Waals surface area contributed by atoms with Gasteiger partial charge >= 0.3 is 0 Å².